The molecule has 1 rings (SSSR count). The molecule has 3 nitrogen and oxygen atoms in total. The van der Waals surface area contributed by atoms with Crippen LogP contribution in [0.5, 0.6) is 0 Å². The lowest BCUT2D eigenvalue weighted by molar-refractivity contribution is 0.487. The molecule has 0 spiro atoms. The van der Waals surface area contributed by atoms with Crippen LogP contribution in [0.1, 0.15) is 33.1 Å². The standard InChI is InChI=1S/C12H25N3S/c1-10(2)9-16-8-4-7-14-12(13)15(3)11-5-6-11/h10-11H,4-9H2,1-3H3,(H2,13,14). The molecular formula is C12H25N3S. The highest BCUT2D eigenvalue weighted by molar-refractivity contribution is 7.99. The Kier molecular flexibility index (Phi) is 6.03. The van der Waals surface area contributed by atoms with Crippen molar-refractivity contribution in [3.8, 4) is 0 Å². The van der Waals surface area contributed by atoms with Crippen LogP contribution in [-0.4, -0.2) is 42.0 Å². The van der Waals surface area contributed by atoms with Gasteiger partial charge in [0, 0.05) is 19.6 Å². The first kappa shape index (κ1) is 13.7. The van der Waals surface area contributed by atoms with E-state index < -0.39 is 0 Å². The molecule has 0 aliphatic heterocycles. The predicted molar refractivity (Wildman–Crippen MR) is 74.1 cm³/mol. The molecule has 1 fully saturated rings. The Bertz CT molecular complexity index is 224. The Morgan fingerprint density at radius 3 is 2.75 bits per heavy atom. The molecule has 0 aromatic carbocycles. The van der Waals surface area contributed by atoms with Crippen LogP contribution in [0.3, 0.4) is 0 Å². The first-order chi connectivity index (χ1) is 7.61. The SMILES string of the molecule is CC(C)CSCCCN=C(N)N(C)C1CC1. The smallest absolute Gasteiger partial charge is 0.191 e. The van der Waals surface area contributed by atoms with Crippen LogP contribution in [0.25, 0.3) is 0 Å². The maximum Gasteiger partial charge on any atom is 0.191 e. The van der Waals surface area contributed by atoms with Gasteiger partial charge in [0.05, 0.1) is 0 Å². The summed E-state index contributed by atoms with van der Waals surface area (Å²) in [5.74, 6) is 3.96. The first-order valence-corrected chi connectivity index (χ1v) is 7.37. The molecule has 0 heterocycles. The second-order valence-corrected chi connectivity index (χ2v) is 6.05. The molecule has 1 saturated carbocycles. The van der Waals surface area contributed by atoms with E-state index in [0.29, 0.717) is 6.04 Å². The normalized spacial score (nSPS) is 16.9. The lowest BCUT2D eigenvalue weighted by Gasteiger charge is -2.16. The summed E-state index contributed by atoms with van der Waals surface area (Å²) < 4.78 is 0. The maximum atomic E-state index is 5.89. The Hall–Kier alpha value is -0.380. The molecule has 0 unspecified atom stereocenters. The fraction of sp³-hybridized carbons (Fsp3) is 0.917. The van der Waals surface area contributed by atoms with Gasteiger partial charge in [-0.1, -0.05) is 13.8 Å². The van der Waals surface area contributed by atoms with Crippen LogP contribution in [0.4, 0.5) is 0 Å². The van der Waals surface area contributed by atoms with Crippen molar-refractivity contribution in [2.24, 2.45) is 16.6 Å². The van der Waals surface area contributed by atoms with E-state index in [1.165, 1.54) is 24.3 Å². The van der Waals surface area contributed by atoms with E-state index in [1.807, 2.05) is 18.8 Å². The van der Waals surface area contributed by atoms with E-state index in [9.17, 15) is 0 Å². The lowest BCUT2D eigenvalue weighted by atomic mass is 10.3. The van der Waals surface area contributed by atoms with Crippen LogP contribution in [0.2, 0.25) is 0 Å². The van der Waals surface area contributed by atoms with Gasteiger partial charge in [-0.2, -0.15) is 11.8 Å². The fourth-order valence-corrected chi connectivity index (χ4v) is 2.41. The van der Waals surface area contributed by atoms with Gasteiger partial charge in [0.2, 0.25) is 0 Å². The van der Waals surface area contributed by atoms with Gasteiger partial charge in [-0.05, 0) is 36.7 Å². The van der Waals surface area contributed by atoms with Gasteiger partial charge < -0.3 is 10.6 Å². The minimum Gasteiger partial charge on any atom is -0.370 e. The summed E-state index contributed by atoms with van der Waals surface area (Å²) in [6.07, 6.45) is 3.69. The van der Waals surface area contributed by atoms with Gasteiger partial charge >= 0.3 is 0 Å². The first-order valence-electron chi connectivity index (χ1n) is 6.21. The molecule has 0 amide bonds. The van der Waals surface area contributed by atoms with E-state index >= 15 is 0 Å². The molecule has 1 aliphatic carbocycles. The molecule has 0 aromatic rings. The molecule has 16 heavy (non-hydrogen) atoms. The zero-order valence-electron chi connectivity index (χ0n) is 10.8. The van der Waals surface area contributed by atoms with Crippen molar-refractivity contribution < 1.29 is 0 Å². The molecule has 1 aliphatic rings. The quantitative estimate of drug-likeness (QED) is 0.423. The van der Waals surface area contributed by atoms with Crippen molar-refractivity contribution >= 4 is 17.7 Å². The van der Waals surface area contributed by atoms with E-state index in [2.05, 4.69) is 23.7 Å². The number of aliphatic imine (C=N–C) groups is 1. The molecule has 94 valence electrons. The molecule has 0 aromatic heterocycles. The average Bonchev–Trinajstić information content (AvgIpc) is 3.05. The van der Waals surface area contributed by atoms with Crippen molar-refractivity contribution in [2.75, 3.05) is 25.1 Å². The summed E-state index contributed by atoms with van der Waals surface area (Å²) in [5, 5.41) is 0. The maximum absolute atomic E-state index is 5.89. The highest BCUT2D eigenvalue weighted by Gasteiger charge is 2.27. The zero-order chi connectivity index (χ0) is 12.0. The number of hydrogen-bond donors (Lipinski definition) is 1. The van der Waals surface area contributed by atoms with Gasteiger partial charge in [0.25, 0.3) is 0 Å². The van der Waals surface area contributed by atoms with Crippen LogP contribution >= 0.6 is 11.8 Å². The van der Waals surface area contributed by atoms with Crippen LogP contribution in [0, 0.1) is 5.92 Å². The molecule has 0 bridgehead atoms. The summed E-state index contributed by atoms with van der Waals surface area (Å²) in [7, 11) is 2.05. The van der Waals surface area contributed by atoms with E-state index in [4.69, 9.17) is 5.73 Å². The second-order valence-electron chi connectivity index (χ2n) is 4.90. The monoisotopic (exact) mass is 243 g/mol. The summed E-state index contributed by atoms with van der Waals surface area (Å²) in [4.78, 5) is 6.52. The van der Waals surface area contributed by atoms with Crippen LogP contribution in [0.15, 0.2) is 4.99 Å². The van der Waals surface area contributed by atoms with E-state index in [1.54, 1.807) is 0 Å². The highest BCUT2D eigenvalue weighted by atomic mass is 32.2. The molecule has 0 atom stereocenters. The van der Waals surface area contributed by atoms with E-state index in [0.717, 1.165) is 24.8 Å². The van der Waals surface area contributed by atoms with Crippen LogP contribution in [-0.2, 0) is 0 Å². The minimum absolute atomic E-state index is 0.666. The summed E-state index contributed by atoms with van der Waals surface area (Å²) in [6.45, 7) is 5.38. The molecule has 2 N–H and O–H groups in total. The molecular weight excluding hydrogens is 218 g/mol. The Labute approximate surface area is 104 Å². The molecule has 0 radical (unpaired) electrons. The van der Waals surface area contributed by atoms with Crippen molar-refractivity contribution in [3.05, 3.63) is 0 Å². The Balaban J connectivity index is 2.02. The van der Waals surface area contributed by atoms with Crippen molar-refractivity contribution in [1.82, 2.24) is 4.90 Å². The van der Waals surface area contributed by atoms with Gasteiger partial charge in [-0.3, -0.25) is 4.99 Å². The Morgan fingerprint density at radius 1 is 1.50 bits per heavy atom. The number of guanidine groups is 1. The highest BCUT2D eigenvalue weighted by Crippen LogP contribution is 2.24. The summed E-state index contributed by atoms with van der Waals surface area (Å²) >= 11 is 2.02. The zero-order valence-corrected chi connectivity index (χ0v) is 11.6. The van der Waals surface area contributed by atoms with Crippen LogP contribution < -0.4 is 5.73 Å². The third-order valence-corrected chi connectivity index (χ3v) is 4.11. The topological polar surface area (TPSA) is 41.6 Å². The number of nitrogens with zero attached hydrogens (tertiary/aromatic N) is 2. The molecule has 0 saturated heterocycles. The molecule has 4 heteroatoms. The average molecular weight is 243 g/mol. The van der Waals surface area contributed by atoms with Crippen molar-refractivity contribution in [3.63, 3.8) is 0 Å². The fourth-order valence-electron chi connectivity index (χ4n) is 1.44. The lowest BCUT2D eigenvalue weighted by Crippen LogP contribution is -2.35. The van der Waals surface area contributed by atoms with Gasteiger partial charge in [-0.15, -0.1) is 0 Å². The summed E-state index contributed by atoms with van der Waals surface area (Å²) in [5.41, 5.74) is 5.89. The van der Waals surface area contributed by atoms with E-state index in [-0.39, 0.29) is 0 Å². The van der Waals surface area contributed by atoms with Crippen molar-refractivity contribution in [2.45, 2.75) is 39.2 Å². The number of rotatable bonds is 7. The largest absolute Gasteiger partial charge is 0.370 e. The third kappa shape index (κ3) is 5.64. The summed E-state index contributed by atoms with van der Waals surface area (Å²) in [6, 6.07) is 0.666. The van der Waals surface area contributed by atoms with Crippen molar-refractivity contribution in [1.29, 1.82) is 0 Å². The van der Waals surface area contributed by atoms with Gasteiger partial charge in [0.15, 0.2) is 5.96 Å². The second kappa shape index (κ2) is 7.05. The number of hydrogen-bond acceptors (Lipinski definition) is 2. The predicted octanol–water partition coefficient (Wildman–Crippen LogP) is 2.17. The van der Waals surface area contributed by atoms with Gasteiger partial charge in [0.1, 0.15) is 0 Å². The number of nitrogens with two attached hydrogens (primary N) is 1. The van der Waals surface area contributed by atoms with Gasteiger partial charge in [-0.25, -0.2) is 0 Å². The third-order valence-electron chi connectivity index (χ3n) is 2.63. The number of thioether (sulfide) groups is 1. The Morgan fingerprint density at radius 2 is 2.19 bits per heavy atom. The minimum atomic E-state index is 0.666.